The summed E-state index contributed by atoms with van der Waals surface area (Å²) in [6.45, 7) is 5.68. The molecule has 2 aromatic rings. The van der Waals surface area contributed by atoms with E-state index in [-0.39, 0.29) is 18.0 Å². The van der Waals surface area contributed by atoms with Crippen LogP contribution < -0.4 is 5.32 Å². The van der Waals surface area contributed by atoms with Gasteiger partial charge >= 0.3 is 6.03 Å². The number of urea groups is 1. The van der Waals surface area contributed by atoms with Crippen molar-refractivity contribution >= 4 is 11.8 Å². The first-order chi connectivity index (χ1) is 12.1. The van der Waals surface area contributed by atoms with Crippen LogP contribution in [-0.2, 0) is 4.74 Å². The van der Waals surface area contributed by atoms with Crippen molar-refractivity contribution in [3.05, 3.63) is 24.0 Å². The summed E-state index contributed by atoms with van der Waals surface area (Å²) in [5.74, 6) is 2.08. The molecule has 0 radical (unpaired) electrons. The number of piperidine rings is 1. The zero-order valence-corrected chi connectivity index (χ0v) is 14.8. The highest BCUT2D eigenvalue weighted by Crippen LogP contribution is 2.27. The first-order valence-corrected chi connectivity index (χ1v) is 8.47. The van der Waals surface area contributed by atoms with Crippen LogP contribution >= 0.6 is 0 Å². The molecule has 2 aromatic heterocycles. The van der Waals surface area contributed by atoms with Crippen LogP contribution in [0.2, 0.25) is 0 Å². The van der Waals surface area contributed by atoms with Crippen molar-refractivity contribution in [2.24, 2.45) is 0 Å². The minimum atomic E-state index is -0.134. The van der Waals surface area contributed by atoms with E-state index in [1.54, 1.807) is 22.8 Å². The largest absolute Gasteiger partial charge is 0.382 e. The van der Waals surface area contributed by atoms with Gasteiger partial charge in [-0.05, 0) is 26.7 Å². The predicted octanol–water partition coefficient (Wildman–Crippen LogP) is 2.19. The smallest absolute Gasteiger partial charge is 0.323 e. The van der Waals surface area contributed by atoms with Crippen LogP contribution in [-0.4, -0.2) is 57.7 Å². The molecule has 2 amide bonds. The second kappa shape index (κ2) is 7.64. The summed E-state index contributed by atoms with van der Waals surface area (Å²) < 4.78 is 12.1. The lowest BCUT2D eigenvalue weighted by Crippen LogP contribution is -2.40. The summed E-state index contributed by atoms with van der Waals surface area (Å²) >= 11 is 0. The Morgan fingerprint density at radius 3 is 2.88 bits per heavy atom. The number of rotatable bonds is 5. The molecule has 1 atom stereocenters. The molecule has 1 aliphatic rings. The molecule has 0 spiro atoms. The van der Waals surface area contributed by atoms with E-state index in [0.29, 0.717) is 37.2 Å². The van der Waals surface area contributed by atoms with E-state index in [4.69, 9.17) is 9.26 Å². The summed E-state index contributed by atoms with van der Waals surface area (Å²) in [6, 6.07) is 1.77. The topological polar surface area (TPSA) is 98.3 Å². The predicted molar refractivity (Wildman–Crippen MR) is 90.4 cm³/mol. The van der Waals surface area contributed by atoms with Gasteiger partial charge in [-0.25, -0.2) is 4.79 Å². The number of amides is 2. The van der Waals surface area contributed by atoms with Gasteiger partial charge in [-0.15, -0.1) is 0 Å². The quantitative estimate of drug-likeness (QED) is 0.889. The molecule has 3 rings (SSSR count). The van der Waals surface area contributed by atoms with Gasteiger partial charge in [0.15, 0.2) is 11.6 Å². The van der Waals surface area contributed by atoms with E-state index in [2.05, 4.69) is 20.6 Å². The van der Waals surface area contributed by atoms with Crippen LogP contribution in [0.1, 0.15) is 43.4 Å². The number of aryl methyl sites for hydroxylation is 1. The maximum Gasteiger partial charge on any atom is 0.323 e. The number of hydrogen-bond acceptors (Lipinski definition) is 6. The molecule has 25 heavy (non-hydrogen) atoms. The summed E-state index contributed by atoms with van der Waals surface area (Å²) in [5.41, 5.74) is 0. The van der Waals surface area contributed by atoms with Gasteiger partial charge < -0.3 is 14.2 Å². The van der Waals surface area contributed by atoms with Gasteiger partial charge in [-0.1, -0.05) is 5.16 Å². The Hall–Kier alpha value is -2.42. The minimum absolute atomic E-state index is 0.115. The molecule has 1 aliphatic heterocycles. The van der Waals surface area contributed by atoms with Crippen molar-refractivity contribution in [1.82, 2.24) is 24.8 Å². The Labute approximate surface area is 146 Å². The summed E-state index contributed by atoms with van der Waals surface area (Å²) in [4.78, 5) is 18.5. The van der Waals surface area contributed by atoms with Crippen LogP contribution in [0.25, 0.3) is 0 Å². The van der Waals surface area contributed by atoms with Gasteiger partial charge in [0.1, 0.15) is 0 Å². The second-order valence-corrected chi connectivity index (χ2v) is 6.36. The van der Waals surface area contributed by atoms with E-state index < -0.39 is 0 Å². The van der Waals surface area contributed by atoms with Crippen LogP contribution in [0.4, 0.5) is 10.6 Å². The van der Waals surface area contributed by atoms with E-state index in [1.807, 2.05) is 20.0 Å². The molecule has 9 nitrogen and oxygen atoms in total. The minimum Gasteiger partial charge on any atom is -0.382 e. The number of likely N-dealkylation sites (tertiary alicyclic amines) is 1. The van der Waals surface area contributed by atoms with Gasteiger partial charge in [-0.2, -0.15) is 10.1 Å². The summed E-state index contributed by atoms with van der Waals surface area (Å²) in [7, 11) is 1.65. The number of ether oxygens (including phenoxy) is 1. The molecule has 1 fully saturated rings. The average molecular weight is 348 g/mol. The Morgan fingerprint density at radius 1 is 1.48 bits per heavy atom. The molecular formula is C16H24N6O3. The zero-order chi connectivity index (χ0) is 17.8. The van der Waals surface area contributed by atoms with Crippen LogP contribution in [0.3, 0.4) is 0 Å². The maximum absolute atomic E-state index is 12.4. The number of nitrogens with zero attached hydrogens (tertiary/aromatic N) is 5. The van der Waals surface area contributed by atoms with Crippen molar-refractivity contribution in [2.45, 2.75) is 38.6 Å². The molecule has 1 N–H and O–H groups in total. The molecule has 0 bridgehead atoms. The molecule has 3 heterocycles. The number of anilines is 1. The Balaban J connectivity index is 1.51. The lowest BCUT2D eigenvalue weighted by atomic mass is 9.97. The van der Waals surface area contributed by atoms with Crippen molar-refractivity contribution in [2.75, 3.05) is 32.1 Å². The maximum atomic E-state index is 12.4. The second-order valence-electron chi connectivity index (χ2n) is 6.36. The third-order valence-corrected chi connectivity index (χ3v) is 4.38. The number of aromatic nitrogens is 4. The molecule has 0 aliphatic carbocycles. The number of nitrogens with one attached hydrogen (secondary N) is 1. The molecular weight excluding hydrogens is 324 g/mol. The van der Waals surface area contributed by atoms with Crippen molar-refractivity contribution in [1.29, 1.82) is 0 Å². The van der Waals surface area contributed by atoms with Gasteiger partial charge in [0.25, 0.3) is 0 Å². The van der Waals surface area contributed by atoms with Gasteiger partial charge in [0.05, 0.1) is 12.6 Å². The van der Waals surface area contributed by atoms with Gasteiger partial charge in [0.2, 0.25) is 5.89 Å². The summed E-state index contributed by atoms with van der Waals surface area (Å²) in [5, 5.41) is 11.1. The van der Waals surface area contributed by atoms with Crippen LogP contribution in [0.15, 0.2) is 16.8 Å². The first kappa shape index (κ1) is 17.4. The highest BCUT2D eigenvalue weighted by molar-refractivity contribution is 5.88. The lowest BCUT2D eigenvalue weighted by molar-refractivity contribution is 0.157. The number of methoxy groups -OCH3 is 1. The van der Waals surface area contributed by atoms with E-state index in [9.17, 15) is 4.79 Å². The summed E-state index contributed by atoms with van der Waals surface area (Å²) in [6.07, 6.45) is 3.46. The highest BCUT2D eigenvalue weighted by Gasteiger charge is 2.27. The molecule has 1 unspecified atom stereocenters. The van der Waals surface area contributed by atoms with Crippen LogP contribution in [0, 0.1) is 6.92 Å². The molecule has 1 saturated heterocycles. The number of carbonyl (C=O) groups excluding carboxylic acids is 1. The van der Waals surface area contributed by atoms with Crippen molar-refractivity contribution < 1.29 is 14.1 Å². The first-order valence-electron chi connectivity index (χ1n) is 8.47. The Kier molecular flexibility index (Phi) is 5.32. The van der Waals surface area contributed by atoms with E-state index >= 15 is 0 Å². The fourth-order valence-corrected chi connectivity index (χ4v) is 2.96. The molecule has 0 aromatic carbocycles. The van der Waals surface area contributed by atoms with E-state index in [0.717, 1.165) is 12.8 Å². The van der Waals surface area contributed by atoms with Crippen molar-refractivity contribution in [3.63, 3.8) is 0 Å². The van der Waals surface area contributed by atoms with E-state index in [1.165, 1.54) is 0 Å². The molecule has 0 saturated carbocycles. The number of carbonyl (C=O) groups is 1. The third-order valence-electron chi connectivity index (χ3n) is 4.38. The lowest BCUT2D eigenvalue weighted by Gasteiger charge is -2.30. The highest BCUT2D eigenvalue weighted by atomic mass is 16.5. The fourth-order valence-electron chi connectivity index (χ4n) is 2.96. The Bertz CT molecular complexity index is 704. The Morgan fingerprint density at radius 2 is 2.24 bits per heavy atom. The van der Waals surface area contributed by atoms with Gasteiger partial charge in [0, 0.05) is 38.4 Å². The normalized spacial score (nSPS) is 16.8. The zero-order valence-electron chi connectivity index (χ0n) is 14.8. The van der Waals surface area contributed by atoms with Gasteiger partial charge in [-0.3, -0.25) is 10.00 Å². The number of hydrogen-bond donors (Lipinski definition) is 1. The molecule has 9 heteroatoms. The molecule has 136 valence electrons. The van der Waals surface area contributed by atoms with Crippen LogP contribution in [0.5, 0.6) is 0 Å². The standard InChI is InChI=1S/C16H24N6O3/c1-11(10-24-3)22-9-6-14(19-22)18-16(23)21-7-4-13(5-8-21)15-17-12(2)20-25-15/h6,9,11,13H,4-5,7-8,10H2,1-3H3,(H,18,19,23). The van der Waals surface area contributed by atoms with Crippen molar-refractivity contribution in [3.8, 4) is 0 Å². The SMILES string of the molecule is COCC(C)n1ccc(NC(=O)N2CCC(c3nc(C)no3)CC2)n1. The third kappa shape index (κ3) is 4.16. The average Bonchev–Trinajstić information content (AvgIpc) is 3.24. The fraction of sp³-hybridized carbons (Fsp3) is 0.625. The monoisotopic (exact) mass is 348 g/mol.